The standard InChI is InChI=1S/C20H21Cl2N3O3/c1-28-19-14(4-2-8-23-19)11-24-18(26)15-5-3-9-25(12-15)20(27)13-6-7-16(21)17(22)10-13/h2,4,6-8,10,15H,3,5,9,11-12H2,1H3,(H,24,26)/t15-/m0/s1. The second-order valence-corrected chi connectivity index (χ2v) is 7.42. The van der Waals surface area contributed by atoms with Crippen LogP contribution in [-0.2, 0) is 11.3 Å². The van der Waals surface area contributed by atoms with Crippen molar-refractivity contribution in [3.63, 3.8) is 0 Å². The van der Waals surface area contributed by atoms with Gasteiger partial charge in [0.25, 0.3) is 5.91 Å². The first-order chi connectivity index (χ1) is 13.5. The maximum absolute atomic E-state index is 12.8. The third-order valence-electron chi connectivity index (χ3n) is 4.74. The van der Waals surface area contributed by atoms with Gasteiger partial charge in [-0.2, -0.15) is 0 Å². The van der Waals surface area contributed by atoms with Crippen molar-refractivity contribution >= 4 is 35.0 Å². The zero-order valence-corrected chi connectivity index (χ0v) is 17.0. The first-order valence-corrected chi connectivity index (χ1v) is 9.75. The second kappa shape index (κ2) is 9.26. The lowest BCUT2D eigenvalue weighted by atomic mass is 9.96. The minimum Gasteiger partial charge on any atom is -0.481 e. The number of aromatic nitrogens is 1. The van der Waals surface area contributed by atoms with Crippen LogP contribution in [0.25, 0.3) is 0 Å². The van der Waals surface area contributed by atoms with E-state index in [0.29, 0.717) is 41.1 Å². The van der Waals surface area contributed by atoms with Crippen LogP contribution in [0.15, 0.2) is 36.5 Å². The molecule has 1 saturated heterocycles. The zero-order chi connectivity index (χ0) is 20.1. The van der Waals surface area contributed by atoms with Crippen LogP contribution in [0.1, 0.15) is 28.8 Å². The predicted octanol–water partition coefficient (Wildman–Crippen LogP) is 3.57. The van der Waals surface area contributed by atoms with E-state index < -0.39 is 0 Å². The summed E-state index contributed by atoms with van der Waals surface area (Å²) in [5, 5.41) is 3.66. The summed E-state index contributed by atoms with van der Waals surface area (Å²) in [5.74, 6) is -0.00598. The Kier molecular flexibility index (Phi) is 6.75. The molecule has 2 amide bonds. The molecule has 0 bridgehead atoms. The number of nitrogens with one attached hydrogen (secondary N) is 1. The topological polar surface area (TPSA) is 71.5 Å². The highest BCUT2D eigenvalue weighted by molar-refractivity contribution is 6.42. The van der Waals surface area contributed by atoms with Gasteiger partial charge in [-0.15, -0.1) is 0 Å². The number of hydrogen-bond acceptors (Lipinski definition) is 4. The number of benzene rings is 1. The second-order valence-electron chi connectivity index (χ2n) is 6.61. The van der Waals surface area contributed by atoms with Crippen LogP contribution in [0.5, 0.6) is 5.88 Å². The molecule has 28 heavy (non-hydrogen) atoms. The molecule has 0 unspecified atom stereocenters. The number of carbonyl (C=O) groups is 2. The molecule has 1 aromatic heterocycles. The van der Waals surface area contributed by atoms with Crippen LogP contribution >= 0.6 is 23.2 Å². The number of ether oxygens (including phenoxy) is 1. The summed E-state index contributed by atoms with van der Waals surface area (Å²) in [7, 11) is 1.54. The SMILES string of the molecule is COc1ncccc1CNC(=O)[C@H]1CCCN(C(=O)c2ccc(Cl)c(Cl)c2)C1. The number of nitrogens with zero attached hydrogens (tertiary/aromatic N) is 2. The molecule has 0 radical (unpaired) electrons. The van der Waals surface area contributed by atoms with Crippen molar-refractivity contribution in [3.05, 3.63) is 57.7 Å². The number of piperidine rings is 1. The summed E-state index contributed by atoms with van der Waals surface area (Å²) >= 11 is 11.9. The highest BCUT2D eigenvalue weighted by atomic mass is 35.5. The number of halogens is 2. The first-order valence-electron chi connectivity index (χ1n) is 8.99. The van der Waals surface area contributed by atoms with Gasteiger partial charge in [0.2, 0.25) is 11.8 Å². The summed E-state index contributed by atoms with van der Waals surface area (Å²) in [5.41, 5.74) is 1.27. The summed E-state index contributed by atoms with van der Waals surface area (Å²) in [6.07, 6.45) is 3.14. The number of amides is 2. The highest BCUT2D eigenvalue weighted by Crippen LogP contribution is 2.25. The maximum atomic E-state index is 12.8. The molecular formula is C20H21Cl2N3O3. The van der Waals surface area contributed by atoms with Gasteiger partial charge in [0, 0.05) is 37.0 Å². The van der Waals surface area contributed by atoms with Gasteiger partial charge in [0.15, 0.2) is 0 Å². The van der Waals surface area contributed by atoms with Gasteiger partial charge in [0.05, 0.1) is 23.1 Å². The third kappa shape index (κ3) is 4.75. The number of carbonyl (C=O) groups excluding carboxylic acids is 2. The van der Waals surface area contributed by atoms with Crippen LogP contribution < -0.4 is 10.1 Å². The molecule has 2 heterocycles. The molecule has 1 aromatic carbocycles. The summed E-state index contributed by atoms with van der Waals surface area (Å²) in [6, 6.07) is 8.46. The number of pyridine rings is 1. The molecule has 1 fully saturated rings. The zero-order valence-electron chi connectivity index (χ0n) is 15.5. The van der Waals surface area contributed by atoms with E-state index in [1.165, 1.54) is 0 Å². The number of rotatable bonds is 5. The minimum absolute atomic E-state index is 0.0856. The van der Waals surface area contributed by atoms with E-state index in [2.05, 4.69) is 10.3 Å². The molecule has 0 spiro atoms. The Bertz CT molecular complexity index is 876. The maximum Gasteiger partial charge on any atom is 0.253 e. The summed E-state index contributed by atoms with van der Waals surface area (Å²) in [4.78, 5) is 31.2. The van der Waals surface area contributed by atoms with Crippen LogP contribution in [0.4, 0.5) is 0 Å². The van der Waals surface area contributed by atoms with Crippen molar-refractivity contribution < 1.29 is 14.3 Å². The Morgan fingerprint density at radius 2 is 2.11 bits per heavy atom. The molecule has 2 aromatic rings. The molecule has 3 rings (SSSR count). The van der Waals surface area contributed by atoms with Crippen LogP contribution in [0.3, 0.4) is 0 Å². The smallest absolute Gasteiger partial charge is 0.253 e. The van der Waals surface area contributed by atoms with E-state index in [1.807, 2.05) is 6.07 Å². The number of likely N-dealkylation sites (tertiary alicyclic amines) is 1. The van der Waals surface area contributed by atoms with Crippen molar-refractivity contribution in [2.45, 2.75) is 19.4 Å². The molecule has 148 valence electrons. The van der Waals surface area contributed by atoms with Gasteiger partial charge in [-0.1, -0.05) is 29.3 Å². The van der Waals surface area contributed by atoms with Crippen LogP contribution in [0.2, 0.25) is 10.0 Å². The number of hydrogen-bond donors (Lipinski definition) is 1. The monoisotopic (exact) mass is 421 g/mol. The molecule has 1 aliphatic rings. The Morgan fingerprint density at radius 1 is 1.29 bits per heavy atom. The molecule has 8 heteroatoms. The molecule has 0 saturated carbocycles. The Hall–Kier alpha value is -2.31. The van der Waals surface area contributed by atoms with Crippen molar-refractivity contribution in [3.8, 4) is 5.88 Å². The Morgan fingerprint density at radius 3 is 2.86 bits per heavy atom. The Labute approximate surface area is 173 Å². The lowest BCUT2D eigenvalue weighted by molar-refractivity contribution is -0.126. The molecule has 1 atom stereocenters. The molecule has 6 nitrogen and oxygen atoms in total. The quantitative estimate of drug-likeness (QED) is 0.800. The average molecular weight is 422 g/mol. The van der Waals surface area contributed by atoms with Crippen LogP contribution in [0, 0.1) is 5.92 Å². The lowest BCUT2D eigenvalue weighted by Crippen LogP contribution is -2.45. The van der Waals surface area contributed by atoms with Crippen molar-refractivity contribution in [2.24, 2.45) is 5.92 Å². The first kappa shape index (κ1) is 20.4. The van der Waals surface area contributed by atoms with E-state index in [9.17, 15) is 9.59 Å². The van der Waals surface area contributed by atoms with Gasteiger partial charge in [-0.05, 0) is 37.1 Å². The van der Waals surface area contributed by atoms with E-state index in [0.717, 1.165) is 18.4 Å². The molecular weight excluding hydrogens is 401 g/mol. The van der Waals surface area contributed by atoms with E-state index in [1.54, 1.807) is 42.5 Å². The number of methoxy groups -OCH3 is 1. The minimum atomic E-state index is -0.261. The van der Waals surface area contributed by atoms with Crippen LogP contribution in [-0.4, -0.2) is 41.9 Å². The van der Waals surface area contributed by atoms with Gasteiger partial charge in [-0.3, -0.25) is 9.59 Å². The lowest BCUT2D eigenvalue weighted by Gasteiger charge is -2.32. The van der Waals surface area contributed by atoms with Crippen molar-refractivity contribution in [2.75, 3.05) is 20.2 Å². The fourth-order valence-electron chi connectivity index (χ4n) is 3.26. The van der Waals surface area contributed by atoms with Gasteiger partial charge >= 0.3 is 0 Å². The van der Waals surface area contributed by atoms with Gasteiger partial charge in [0.1, 0.15) is 0 Å². The highest BCUT2D eigenvalue weighted by Gasteiger charge is 2.29. The van der Waals surface area contributed by atoms with E-state index in [4.69, 9.17) is 27.9 Å². The predicted molar refractivity (Wildman–Crippen MR) is 108 cm³/mol. The van der Waals surface area contributed by atoms with E-state index >= 15 is 0 Å². The van der Waals surface area contributed by atoms with Gasteiger partial charge in [-0.25, -0.2) is 4.98 Å². The summed E-state index contributed by atoms with van der Waals surface area (Å²) < 4.78 is 5.20. The van der Waals surface area contributed by atoms with Crippen molar-refractivity contribution in [1.82, 2.24) is 15.2 Å². The summed E-state index contributed by atoms with van der Waals surface area (Å²) in [6.45, 7) is 1.31. The Balaban J connectivity index is 1.61. The normalized spacial score (nSPS) is 16.5. The molecule has 0 aliphatic carbocycles. The third-order valence-corrected chi connectivity index (χ3v) is 5.48. The fourth-order valence-corrected chi connectivity index (χ4v) is 3.55. The molecule has 1 aliphatic heterocycles. The fraction of sp³-hybridized carbons (Fsp3) is 0.350. The van der Waals surface area contributed by atoms with Gasteiger partial charge < -0.3 is 15.0 Å². The average Bonchev–Trinajstić information content (AvgIpc) is 2.73. The van der Waals surface area contributed by atoms with E-state index in [-0.39, 0.29) is 17.7 Å². The largest absolute Gasteiger partial charge is 0.481 e. The van der Waals surface area contributed by atoms with Crippen molar-refractivity contribution in [1.29, 1.82) is 0 Å². The molecule has 1 N–H and O–H groups in total.